The highest BCUT2D eigenvalue weighted by Crippen LogP contribution is 2.38. The summed E-state index contributed by atoms with van der Waals surface area (Å²) in [5.41, 5.74) is 0.917. The van der Waals surface area contributed by atoms with Crippen molar-refractivity contribution in [3.8, 4) is 10.6 Å². The number of carbonyl (C=O) groups excluding carboxylic acids is 2. The van der Waals surface area contributed by atoms with E-state index in [-0.39, 0.29) is 11.6 Å². The summed E-state index contributed by atoms with van der Waals surface area (Å²) in [4.78, 5) is 41.3. The van der Waals surface area contributed by atoms with Gasteiger partial charge in [0.15, 0.2) is 5.13 Å². The third-order valence-corrected chi connectivity index (χ3v) is 7.40. The Morgan fingerprint density at radius 1 is 1.19 bits per heavy atom. The van der Waals surface area contributed by atoms with E-state index in [9.17, 15) is 9.59 Å². The molecule has 3 aromatic rings. The van der Waals surface area contributed by atoms with Crippen LogP contribution >= 0.6 is 45.9 Å². The second kappa shape index (κ2) is 10.0. The Balaban J connectivity index is 1.34. The third-order valence-electron chi connectivity index (χ3n) is 4.75. The van der Waals surface area contributed by atoms with Crippen LogP contribution in [0.15, 0.2) is 23.8 Å². The van der Waals surface area contributed by atoms with E-state index in [4.69, 9.17) is 23.2 Å². The normalized spacial score (nSPS) is 14.6. The van der Waals surface area contributed by atoms with Gasteiger partial charge in [-0.05, 0) is 6.07 Å². The van der Waals surface area contributed by atoms with Crippen molar-refractivity contribution in [2.24, 2.45) is 0 Å². The van der Waals surface area contributed by atoms with Crippen LogP contribution in [0.3, 0.4) is 0 Å². The Kier molecular flexibility index (Phi) is 7.13. The number of hydrogen-bond donors (Lipinski definition) is 1. The molecule has 0 radical (unpaired) electrons. The first kappa shape index (κ1) is 22.1. The molecule has 0 unspecified atom stereocenters. The fourth-order valence-electron chi connectivity index (χ4n) is 3.12. The van der Waals surface area contributed by atoms with Crippen molar-refractivity contribution in [3.63, 3.8) is 0 Å². The van der Waals surface area contributed by atoms with Crippen molar-refractivity contribution in [2.75, 3.05) is 42.9 Å². The van der Waals surface area contributed by atoms with Gasteiger partial charge in [-0.1, -0.05) is 23.2 Å². The van der Waals surface area contributed by atoms with Gasteiger partial charge in [-0.25, -0.2) is 15.0 Å². The van der Waals surface area contributed by atoms with E-state index in [1.807, 2.05) is 5.38 Å². The first-order chi connectivity index (χ1) is 15.0. The quantitative estimate of drug-likeness (QED) is 0.495. The summed E-state index contributed by atoms with van der Waals surface area (Å²) in [5, 5.41) is 5.52. The molecule has 1 fully saturated rings. The lowest BCUT2D eigenvalue weighted by Crippen LogP contribution is -2.47. The molecular formula is C19H18Cl2N6O2S2. The van der Waals surface area contributed by atoms with Gasteiger partial charge < -0.3 is 9.69 Å². The zero-order valence-corrected chi connectivity index (χ0v) is 19.4. The molecule has 0 saturated carbocycles. The molecule has 0 atom stereocenters. The fraction of sp³-hybridized carbons (Fsp3) is 0.316. The maximum absolute atomic E-state index is 12.5. The average Bonchev–Trinajstić information content (AvgIpc) is 3.39. The summed E-state index contributed by atoms with van der Waals surface area (Å²) < 4.78 is 0.507. The first-order valence-electron chi connectivity index (χ1n) is 9.48. The van der Waals surface area contributed by atoms with Crippen molar-refractivity contribution in [2.45, 2.75) is 6.42 Å². The lowest BCUT2D eigenvalue weighted by atomic mass is 10.3. The van der Waals surface area contributed by atoms with Crippen LogP contribution < -0.4 is 10.2 Å². The summed E-state index contributed by atoms with van der Waals surface area (Å²) in [7, 11) is 0. The highest BCUT2D eigenvalue weighted by molar-refractivity contribution is 7.20. The van der Waals surface area contributed by atoms with Crippen LogP contribution in [0.5, 0.6) is 0 Å². The standard InChI is InChI=1S/C19H18Cl2N6O2S2/c20-12-8-15(31-17(12)21)14-11-30-19(24-14)25-18(29)13-9-23-16(10-22-13)27-5-3-26(4-6-27)2-1-7-28/h7-11H,1-6H2,(H,24,25,29). The number of rotatable bonds is 7. The molecule has 0 bridgehead atoms. The van der Waals surface area contributed by atoms with Crippen LogP contribution in [-0.2, 0) is 4.79 Å². The molecule has 1 saturated heterocycles. The van der Waals surface area contributed by atoms with E-state index in [1.54, 1.807) is 12.3 Å². The number of piperazine rings is 1. The number of thiazole rings is 1. The number of nitrogens with zero attached hydrogens (tertiary/aromatic N) is 5. The topological polar surface area (TPSA) is 91.3 Å². The molecule has 0 aromatic carbocycles. The lowest BCUT2D eigenvalue weighted by Gasteiger charge is -2.34. The van der Waals surface area contributed by atoms with Crippen LogP contribution in [0.1, 0.15) is 16.9 Å². The monoisotopic (exact) mass is 496 g/mol. The van der Waals surface area contributed by atoms with Crippen molar-refractivity contribution in [1.82, 2.24) is 19.9 Å². The van der Waals surface area contributed by atoms with Crippen LogP contribution in [0.2, 0.25) is 9.36 Å². The average molecular weight is 497 g/mol. The summed E-state index contributed by atoms with van der Waals surface area (Å²) in [6.45, 7) is 4.12. The van der Waals surface area contributed by atoms with Crippen molar-refractivity contribution in [3.05, 3.63) is 38.9 Å². The van der Waals surface area contributed by atoms with Gasteiger partial charge in [0, 0.05) is 44.5 Å². The van der Waals surface area contributed by atoms with Gasteiger partial charge in [-0.3, -0.25) is 15.0 Å². The van der Waals surface area contributed by atoms with Gasteiger partial charge in [-0.15, -0.1) is 22.7 Å². The van der Waals surface area contributed by atoms with Crippen molar-refractivity contribution >= 4 is 69.0 Å². The van der Waals surface area contributed by atoms with Gasteiger partial charge in [-0.2, -0.15) is 0 Å². The number of anilines is 2. The minimum Gasteiger partial charge on any atom is -0.353 e. The predicted octanol–water partition coefficient (Wildman–Crippen LogP) is 3.93. The molecule has 3 aromatic heterocycles. The summed E-state index contributed by atoms with van der Waals surface area (Å²) >= 11 is 14.6. The lowest BCUT2D eigenvalue weighted by molar-refractivity contribution is -0.108. The molecule has 4 rings (SSSR count). The van der Waals surface area contributed by atoms with Gasteiger partial charge in [0.25, 0.3) is 5.91 Å². The van der Waals surface area contributed by atoms with Gasteiger partial charge >= 0.3 is 0 Å². The van der Waals surface area contributed by atoms with E-state index >= 15 is 0 Å². The molecule has 1 N–H and O–H groups in total. The number of thiophene rings is 1. The van der Waals surface area contributed by atoms with E-state index in [1.165, 1.54) is 28.9 Å². The minimum absolute atomic E-state index is 0.215. The van der Waals surface area contributed by atoms with Crippen LogP contribution in [0.4, 0.5) is 10.9 Å². The molecular weight excluding hydrogens is 479 g/mol. The molecule has 162 valence electrons. The second-order valence-electron chi connectivity index (χ2n) is 6.77. The third kappa shape index (κ3) is 5.39. The largest absolute Gasteiger partial charge is 0.353 e. The summed E-state index contributed by atoms with van der Waals surface area (Å²) in [5.74, 6) is 0.357. The molecule has 0 aliphatic carbocycles. The molecule has 1 aliphatic rings. The maximum atomic E-state index is 12.5. The van der Waals surface area contributed by atoms with Gasteiger partial charge in [0.05, 0.1) is 28.0 Å². The number of nitrogens with one attached hydrogen (secondary N) is 1. The number of amides is 1. The highest BCUT2D eigenvalue weighted by Gasteiger charge is 2.19. The molecule has 8 nitrogen and oxygen atoms in total. The highest BCUT2D eigenvalue weighted by atomic mass is 35.5. The Hall–Kier alpha value is -2.11. The molecule has 1 aliphatic heterocycles. The molecule has 31 heavy (non-hydrogen) atoms. The van der Waals surface area contributed by atoms with E-state index in [2.05, 4.69) is 30.1 Å². The maximum Gasteiger partial charge on any atom is 0.277 e. The van der Waals surface area contributed by atoms with E-state index < -0.39 is 0 Å². The Morgan fingerprint density at radius 2 is 2.00 bits per heavy atom. The second-order valence-corrected chi connectivity index (χ2v) is 9.69. The predicted molar refractivity (Wildman–Crippen MR) is 125 cm³/mol. The van der Waals surface area contributed by atoms with Gasteiger partial charge in [0.2, 0.25) is 0 Å². The molecule has 0 spiro atoms. The zero-order valence-electron chi connectivity index (χ0n) is 16.3. The number of hydrogen-bond acceptors (Lipinski definition) is 9. The Bertz CT molecular complexity index is 1040. The fourth-order valence-corrected chi connectivity index (χ4v) is 5.22. The Morgan fingerprint density at radius 3 is 2.65 bits per heavy atom. The van der Waals surface area contributed by atoms with Crippen molar-refractivity contribution < 1.29 is 9.59 Å². The first-order valence-corrected chi connectivity index (χ1v) is 11.9. The van der Waals surface area contributed by atoms with Gasteiger partial charge in [0.1, 0.15) is 22.1 Å². The van der Waals surface area contributed by atoms with E-state index in [0.717, 1.165) is 49.7 Å². The van der Waals surface area contributed by atoms with Crippen molar-refractivity contribution in [1.29, 1.82) is 0 Å². The smallest absolute Gasteiger partial charge is 0.277 e. The summed E-state index contributed by atoms with van der Waals surface area (Å²) in [6, 6.07) is 1.75. The Labute approximate surface area is 196 Å². The van der Waals surface area contributed by atoms with Crippen LogP contribution in [-0.4, -0.2) is 64.8 Å². The number of aromatic nitrogens is 3. The number of carbonyl (C=O) groups is 2. The molecule has 12 heteroatoms. The van der Waals surface area contributed by atoms with Crippen LogP contribution in [0, 0.1) is 0 Å². The molecule has 4 heterocycles. The SMILES string of the molecule is O=CCCN1CCN(c2cnc(C(=O)Nc3nc(-c4cc(Cl)c(Cl)s4)cs3)cn2)CC1. The summed E-state index contributed by atoms with van der Waals surface area (Å²) in [6.07, 6.45) is 4.58. The minimum atomic E-state index is -0.374. The van der Waals surface area contributed by atoms with Crippen LogP contribution in [0.25, 0.3) is 10.6 Å². The molecule has 1 amide bonds. The number of halogens is 2. The zero-order chi connectivity index (χ0) is 21.8. The van der Waals surface area contributed by atoms with E-state index in [0.29, 0.717) is 26.6 Å². The number of aldehydes is 1.